The monoisotopic (exact) mass is 233 g/mol. The Morgan fingerprint density at radius 2 is 2.00 bits per heavy atom. The lowest BCUT2D eigenvalue weighted by Crippen LogP contribution is -2.18. The molecule has 1 aromatic carbocycles. The zero-order chi connectivity index (χ0) is 12.2. The zero-order valence-corrected chi connectivity index (χ0v) is 8.97. The summed E-state index contributed by atoms with van der Waals surface area (Å²) in [6, 6.07) is 4.52. The molecule has 0 aliphatic heterocycles. The molecule has 0 spiro atoms. The molecule has 0 saturated carbocycles. The first kappa shape index (κ1) is 12.8. The maximum atomic E-state index is 12.1. The number of ether oxygens (including phenoxy) is 1. The highest BCUT2D eigenvalue weighted by molar-refractivity contribution is 5.37. The fraction of sp³-hybridized carbons (Fsp3) is 0.455. The number of aryl methyl sites for hydroxylation is 1. The summed E-state index contributed by atoms with van der Waals surface area (Å²) in [6.07, 6.45) is -3.35. The summed E-state index contributed by atoms with van der Waals surface area (Å²) < 4.78 is 40.2. The molecular weight excluding hydrogens is 219 g/mol. The van der Waals surface area contributed by atoms with Crippen LogP contribution in [-0.2, 0) is 13.0 Å². The quantitative estimate of drug-likeness (QED) is 0.867. The molecule has 5 heteroatoms. The van der Waals surface area contributed by atoms with Gasteiger partial charge in [0.1, 0.15) is 5.75 Å². The van der Waals surface area contributed by atoms with Crippen LogP contribution in [-0.4, -0.2) is 6.36 Å². The van der Waals surface area contributed by atoms with Crippen LogP contribution in [0.1, 0.15) is 24.5 Å². The van der Waals surface area contributed by atoms with Gasteiger partial charge in [-0.1, -0.05) is 25.5 Å². The molecule has 0 aliphatic carbocycles. The van der Waals surface area contributed by atoms with Crippen molar-refractivity contribution in [1.82, 2.24) is 0 Å². The molecular formula is C11H14F3NO. The highest BCUT2D eigenvalue weighted by atomic mass is 19.4. The second-order valence-electron chi connectivity index (χ2n) is 3.44. The molecule has 1 rings (SSSR count). The Bertz CT molecular complexity index is 350. The van der Waals surface area contributed by atoms with Gasteiger partial charge in [0.15, 0.2) is 0 Å². The van der Waals surface area contributed by atoms with E-state index in [4.69, 9.17) is 5.73 Å². The third kappa shape index (κ3) is 3.73. The maximum absolute atomic E-state index is 12.1. The Hall–Kier alpha value is -1.23. The number of benzene rings is 1. The largest absolute Gasteiger partial charge is 0.573 e. The molecule has 0 atom stereocenters. The average Bonchev–Trinajstić information content (AvgIpc) is 2.19. The molecule has 16 heavy (non-hydrogen) atoms. The van der Waals surface area contributed by atoms with E-state index >= 15 is 0 Å². The molecule has 0 radical (unpaired) electrons. The summed E-state index contributed by atoms with van der Waals surface area (Å²) in [5.74, 6) is -0.133. The molecule has 1 aromatic rings. The summed E-state index contributed by atoms with van der Waals surface area (Å²) in [4.78, 5) is 0. The normalized spacial score (nSPS) is 11.6. The van der Waals surface area contributed by atoms with Crippen LogP contribution in [0.15, 0.2) is 18.2 Å². The van der Waals surface area contributed by atoms with Crippen LogP contribution in [0.2, 0.25) is 0 Å². The van der Waals surface area contributed by atoms with Gasteiger partial charge in [0.25, 0.3) is 0 Å². The van der Waals surface area contributed by atoms with Crippen molar-refractivity contribution in [2.75, 3.05) is 0 Å². The predicted octanol–water partition coefficient (Wildman–Crippen LogP) is 3.00. The summed E-state index contributed by atoms with van der Waals surface area (Å²) >= 11 is 0. The van der Waals surface area contributed by atoms with E-state index in [1.807, 2.05) is 6.92 Å². The standard InChI is InChI=1S/C11H14F3NO/c1-2-3-9-6-8(7-15)4-5-10(9)16-11(12,13)14/h4-6H,2-3,7,15H2,1H3. The second kappa shape index (κ2) is 5.21. The summed E-state index contributed by atoms with van der Waals surface area (Å²) in [6.45, 7) is 2.20. The van der Waals surface area contributed by atoms with Crippen molar-refractivity contribution in [2.24, 2.45) is 5.73 Å². The Labute approximate surface area is 92.2 Å². The molecule has 0 unspecified atom stereocenters. The average molecular weight is 233 g/mol. The number of hydrogen-bond acceptors (Lipinski definition) is 2. The van der Waals surface area contributed by atoms with Gasteiger partial charge >= 0.3 is 6.36 Å². The zero-order valence-electron chi connectivity index (χ0n) is 8.97. The maximum Gasteiger partial charge on any atom is 0.573 e. The van der Waals surface area contributed by atoms with Crippen LogP contribution in [0.5, 0.6) is 5.75 Å². The minimum atomic E-state index is -4.65. The van der Waals surface area contributed by atoms with Crippen LogP contribution >= 0.6 is 0 Å². The molecule has 0 bridgehead atoms. The molecule has 0 heterocycles. The SMILES string of the molecule is CCCc1cc(CN)ccc1OC(F)(F)F. The van der Waals surface area contributed by atoms with Crippen molar-refractivity contribution < 1.29 is 17.9 Å². The van der Waals surface area contributed by atoms with E-state index < -0.39 is 6.36 Å². The Morgan fingerprint density at radius 1 is 1.31 bits per heavy atom. The fourth-order valence-corrected chi connectivity index (χ4v) is 1.45. The Balaban J connectivity index is 2.98. The number of alkyl halides is 3. The Kier molecular flexibility index (Phi) is 4.18. The lowest BCUT2D eigenvalue weighted by Gasteiger charge is -2.13. The predicted molar refractivity (Wildman–Crippen MR) is 55.0 cm³/mol. The van der Waals surface area contributed by atoms with Gasteiger partial charge in [-0.05, 0) is 23.6 Å². The number of halogens is 3. The molecule has 0 fully saturated rings. The molecule has 2 N–H and O–H groups in total. The van der Waals surface area contributed by atoms with E-state index in [-0.39, 0.29) is 5.75 Å². The van der Waals surface area contributed by atoms with Gasteiger partial charge in [0.05, 0.1) is 0 Å². The smallest absolute Gasteiger partial charge is 0.406 e. The van der Waals surface area contributed by atoms with Crippen LogP contribution in [0.3, 0.4) is 0 Å². The summed E-state index contributed by atoms with van der Waals surface area (Å²) in [5.41, 5.74) is 6.78. The first-order valence-electron chi connectivity index (χ1n) is 5.04. The van der Waals surface area contributed by atoms with Crippen LogP contribution in [0.25, 0.3) is 0 Å². The van der Waals surface area contributed by atoms with Crippen LogP contribution in [0.4, 0.5) is 13.2 Å². The lowest BCUT2D eigenvalue weighted by molar-refractivity contribution is -0.274. The first-order chi connectivity index (χ1) is 7.46. The van der Waals surface area contributed by atoms with Crippen molar-refractivity contribution in [3.8, 4) is 5.75 Å². The third-order valence-electron chi connectivity index (χ3n) is 2.11. The van der Waals surface area contributed by atoms with Crippen LogP contribution in [0, 0.1) is 0 Å². The van der Waals surface area contributed by atoms with E-state index in [0.717, 1.165) is 12.0 Å². The fourth-order valence-electron chi connectivity index (χ4n) is 1.45. The van der Waals surface area contributed by atoms with Crippen molar-refractivity contribution in [3.05, 3.63) is 29.3 Å². The molecule has 90 valence electrons. The first-order valence-corrected chi connectivity index (χ1v) is 5.04. The minimum absolute atomic E-state index is 0.133. The summed E-state index contributed by atoms with van der Waals surface area (Å²) in [7, 11) is 0. The molecule has 0 amide bonds. The van der Waals surface area contributed by atoms with Crippen molar-refractivity contribution >= 4 is 0 Å². The summed E-state index contributed by atoms with van der Waals surface area (Å²) in [5, 5.41) is 0. The van der Waals surface area contributed by atoms with E-state index in [0.29, 0.717) is 18.5 Å². The highest BCUT2D eigenvalue weighted by Gasteiger charge is 2.31. The van der Waals surface area contributed by atoms with Gasteiger partial charge in [-0.15, -0.1) is 13.2 Å². The van der Waals surface area contributed by atoms with E-state index in [9.17, 15) is 13.2 Å². The van der Waals surface area contributed by atoms with Gasteiger partial charge in [-0.2, -0.15) is 0 Å². The van der Waals surface area contributed by atoms with Crippen LogP contribution < -0.4 is 10.5 Å². The number of rotatable bonds is 4. The Morgan fingerprint density at radius 3 is 2.50 bits per heavy atom. The number of hydrogen-bond donors (Lipinski definition) is 1. The number of nitrogens with two attached hydrogens (primary N) is 1. The molecule has 0 aromatic heterocycles. The van der Waals surface area contributed by atoms with E-state index in [1.165, 1.54) is 6.07 Å². The molecule has 0 saturated heterocycles. The topological polar surface area (TPSA) is 35.2 Å². The van der Waals surface area contributed by atoms with Crippen molar-refractivity contribution in [3.63, 3.8) is 0 Å². The van der Waals surface area contributed by atoms with Gasteiger partial charge in [-0.3, -0.25) is 0 Å². The molecule has 0 aliphatic rings. The van der Waals surface area contributed by atoms with Crippen molar-refractivity contribution in [2.45, 2.75) is 32.7 Å². The van der Waals surface area contributed by atoms with Gasteiger partial charge < -0.3 is 10.5 Å². The highest BCUT2D eigenvalue weighted by Crippen LogP contribution is 2.28. The van der Waals surface area contributed by atoms with Crippen molar-refractivity contribution in [1.29, 1.82) is 0 Å². The van der Waals surface area contributed by atoms with E-state index in [2.05, 4.69) is 4.74 Å². The molecule has 2 nitrogen and oxygen atoms in total. The second-order valence-corrected chi connectivity index (χ2v) is 3.44. The van der Waals surface area contributed by atoms with E-state index in [1.54, 1.807) is 12.1 Å². The minimum Gasteiger partial charge on any atom is -0.406 e. The lowest BCUT2D eigenvalue weighted by atomic mass is 10.1. The van der Waals surface area contributed by atoms with Gasteiger partial charge in [-0.25, -0.2) is 0 Å². The third-order valence-corrected chi connectivity index (χ3v) is 2.11. The van der Waals surface area contributed by atoms with Gasteiger partial charge in [0, 0.05) is 6.54 Å². The van der Waals surface area contributed by atoms with Gasteiger partial charge in [0.2, 0.25) is 0 Å².